The second kappa shape index (κ2) is 6.78. The summed E-state index contributed by atoms with van der Waals surface area (Å²) in [4.78, 5) is 19.5. The lowest BCUT2D eigenvalue weighted by atomic mass is 10.4. The van der Waals surface area contributed by atoms with Crippen molar-refractivity contribution in [2.75, 3.05) is 5.75 Å². The highest BCUT2D eigenvalue weighted by molar-refractivity contribution is 7.97. The first-order valence-corrected chi connectivity index (χ1v) is 4.72. The number of unbranched alkanes of at least 4 members (excludes halogenated alkanes) is 1. The van der Waals surface area contributed by atoms with Crippen molar-refractivity contribution in [3.8, 4) is 0 Å². The minimum absolute atomic E-state index is 0.750. The van der Waals surface area contributed by atoms with Crippen LogP contribution in [0.1, 0.15) is 19.8 Å². The van der Waals surface area contributed by atoms with Gasteiger partial charge in [-0.25, -0.2) is 0 Å². The van der Waals surface area contributed by atoms with Gasteiger partial charge in [-0.1, -0.05) is 13.3 Å². The van der Waals surface area contributed by atoms with Crippen molar-refractivity contribution >= 4 is 20.6 Å². The van der Waals surface area contributed by atoms with Crippen molar-refractivity contribution in [3.63, 3.8) is 0 Å². The van der Waals surface area contributed by atoms with Gasteiger partial charge in [0.1, 0.15) is 0 Å². The molecule has 0 bridgehead atoms. The lowest BCUT2D eigenvalue weighted by Gasteiger charge is -2.27. The molecule has 0 aliphatic rings. The van der Waals surface area contributed by atoms with E-state index in [2.05, 4.69) is 3.97 Å². The third kappa shape index (κ3) is 8.66. The molecule has 0 spiro atoms. The van der Waals surface area contributed by atoms with E-state index >= 15 is 0 Å². The third-order valence-corrected chi connectivity index (χ3v) is 2.06. The van der Waals surface area contributed by atoms with E-state index in [1.54, 1.807) is 0 Å². The summed E-state index contributed by atoms with van der Waals surface area (Å²) in [6.07, 6.45) is 2.06. The lowest BCUT2D eigenvalue weighted by Crippen LogP contribution is -2.07. The van der Waals surface area contributed by atoms with Gasteiger partial charge < -0.3 is 13.8 Å². The van der Waals surface area contributed by atoms with Crippen molar-refractivity contribution in [2.45, 2.75) is 19.8 Å². The average Bonchev–Trinajstić information content (AvgIpc) is 1.80. The quantitative estimate of drug-likeness (QED) is 0.338. The Morgan fingerprint density at radius 1 is 1.56 bits per heavy atom. The molecule has 5 heteroatoms. The van der Waals surface area contributed by atoms with E-state index in [1.165, 1.54) is 0 Å². The van der Waals surface area contributed by atoms with Crippen LogP contribution >= 0.6 is 20.6 Å². The molecule has 0 saturated carbocycles. The van der Waals surface area contributed by atoms with E-state index in [9.17, 15) is 9.79 Å². The molecule has 0 amide bonds. The Labute approximate surface area is 60.6 Å². The molecular formula is C4H9O3PS-2. The van der Waals surface area contributed by atoms with Gasteiger partial charge in [0.2, 0.25) is 0 Å². The summed E-state index contributed by atoms with van der Waals surface area (Å²) in [5.41, 5.74) is 0. The number of hydrogen-bond donors (Lipinski definition) is 0. The summed E-state index contributed by atoms with van der Waals surface area (Å²) in [7, 11) is -2.65. The monoisotopic (exact) mass is 168 g/mol. The Hall–Kier alpha value is 0.660. The Kier molecular flexibility index (Phi) is 7.27. The van der Waals surface area contributed by atoms with Crippen molar-refractivity contribution < 1.29 is 13.8 Å². The van der Waals surface area contributed by atoms with Crippen molar-refractivity contribution in [2.24, 2.45) is 0 Å². The van der Waals surface area contributed by atoms with Crippen LogP contribution in [0.5, 0.6) is 0 Å². The summed E-state index contributed by atoms with van der Waals surface area (Å²) in [5.74, 6) is 0.750. The molecule has 0 saturated heterocycles. The van der Waals surface area contributed by atoms with Crippen molar-refractivity contribution in [3.05, 3.63) is 0 Å². The molecule has 3 nitrogen and oxygen atoms in total. The van der Waals surface area contributed by atoms with E-state index in [0.717, 1.165) is 30.6 Å². The summed E-state index contributed by atoms with van der Waals surface area (Å²) in [6, 6.07) is 0. The maximum absolute atomic E-state index is 9.76. The Balaban J connectivity index is 2.75. The van der Waals surface area contributed by atoms with Crippen LogP contribution in [0.4, 0.5) is 0 Å². The predicted molar refractivity (Wildman–Crippen MR) is 35.4 cm³/mol. The normalized spacial score (nSPS) is 10.7. The van der Waals surface area contributed by atoms with Gasteiger partial charge in [0.15, 0.2) is 0 Å². The fourth-order valence-corrected chi connectivity index (χ4v) is 1.33. The number of hydrogen-bond acceptors (Lipinski definition) is 4. The fourth-order valence-electron chi connectivity index (χ4n) is 0.284. The van der Waals surface area contributed by atoms with Gasteiger partial charge in [0.05, 0.1) is 0 Å². The van der Waals surface area contributed by atoms with Gasteiger partial charge in [-0.15, -0.1) is 8.60 Å². The third-order valence-electron chi connectivity index (χ3n) is 0.695. The molecule has 0 unspecified atom stereocenters. The lowest BCUT2D eigenvalue weighted by molar-refractivity contribution is -0.309. The van der Waals surface area contributed by atoms with Gasteiger partial charge >= 0.3 is 0 Å². The maximum Gasteiger partial charge on any atom is 0.0200 e. The molecule has 0 heterocycles. The standard InChI is InChI=1S/C4H9O3PS/c1-2-3-4-9-7-8(5)6/h2-4H2,1H3/q-2. The zero-order valence-electron chi connectivity index (χ0n) is 5.20. The molecule has 9 heavy (non-hydrogen) atoms. The highest BCUT2D eigenvalue weighted by Gasteiger charge is 1.83. The highest BCUT2D eigenvalue weighted by Crippen LogP contribution is 2.23. The van der Waals surface area contributed by atoms with Crippen LogP contribution in [0, 0.1) is 0 Å². The topological polar surface area (TPSA) is 55.3 Å². The molecular weight excluding hydrogens is 159 g/mol. The van der Waals surface area contributed by atoms with E-state index in [1.807, 2.05) is 6.92 Å². The molecule has 0 aromatic carbocycles. The van der Waals surface area contributed by atoms with Crippen molar-refractivity contribution in [1.82, 2.24) is 0 Å². The van der Waals surface area contributed by atoms with E-state index in [0.29, 0.717) is 0 Å². The first kappa shape index (κ1) is 9.66. The molecule has 0 atom stereocenters. The predicted octanol–water partition coefficient (Wildman–Crippen LogP) is 0.399. The summed E-state index contributed by atoms with van der Waals surface area (Å²) >= 11 is 0.990. The van der Waals surface area contributed by atoms with E-state index in [4.69, 9.17) is 0 Å². The maximum atomic E-state index is 9.76. The second-order valence-corrected chi connectivity index (χ2v) is 3.16. The van der Waals surface area contributed by atoms with Crippen molar-refractivity contribution in [1.29, 1.82) is 0 Å². The zero-order valence-corrected chi connectivity index (χ0v) is 6.91. The molecule has 0 aromatic heterocycles. The van der Waals surface area contributed by atoms with Crippen LogP contribution in [-0.2, 0) is 3.97 Å². The van der Waals surface area contributed by atoms with Gasteiger partial charge in [0.25, 0.3) is 0 Å². The van der Waals surface area contributed by atoms with Gasteiger partial charge in [-0.05, 0) is 18.5 Å². The summed E-state index contributed by atoms with van der Waals surface area (Å²) in [5, 5.41) is 0. The van der Waals surface area contributed by atoms with E-state index in [-0.39, 0.29) is 0 Å². The fraction of sp³-hybridized carbons (Fsp3) is 1.00. The minimum atomic E-state index is -2.65. The first-order chi connectivity index (χ1) is 4.27. The number of rotatable bonds is 5. The first-order valence-electron chi connectivity index (χ1n) is 2.71. The highest BCUT2D eigenvalue weighted by atomic mass is 32.2. The molecule has 0 N–H and O–H groups in total. The Morgan fingerprint density at radius 3 is 2.67 bits per heavy atom. The molecule has 0 aliphatic carbocycles. The molecule has 0 aliphatic heterocycles. The van der Waals surface area contributed by atoms with Crippen LogP contribution in [0.25, 0.3) is 0 Å². The Morgan fingerprint density at radius 2 is 2.22 bits per heavy atom. The van der Waals surface area contributed by atoms with Crippen LogP contribution in [0.2, 0.25) is 0 Å². The van der Waals surface area contributed by atoms with Crippen LogP contribution < -0.4 is 9.79 Å². The molecule has 0 aromatic rings. The van der Waals surface area contributed by atoms with E-state index < -0.39 is 8.60 Å². The van der Waals surface area contributed by atoms with Gasteiger partial charge in [0, 0.05) is 5.75 Å². The molecule has 56 valence electrons. The van der Waals surface area contributed by atoms with Gasteiger partial charge in [-0.3, -0.25) is 0 Å². The van der Waals surface area contributed by atoms with Crippen LogP contribution in [-0.4, -0.2) is 5.75 Å². The molecule has 0 rings (SSSR count). The average molecular weight is 168 g/mol. The summed E-state index contributed by atoms with van der Waals surface area (Å²) in [6.45, 7) is 2.04. The van der Waals surface area contributed by atoms with Crippen LogP contribution in [0.3, 0.4) is 0 Å². The van der Waals surface area contributed by atoms with Crippen LogP contribution in [0.15, 0.2) is 0 Å². The smallest absolute Gasteiger partial charge is 0.0200 e. The minimum Gasteiger partial charge on any atom is -0.819 e. The van der Waals surface area contributed by atoms with Gasteiger partial charge in [-0.2, -0.15) is 0 Å². The Bertz CT molecular complexity index is 61.8. The molecule has 0 radical (unpaired) electrons. The zero-order chi connectivity index (χ0) is 7.11. The molecule has 0 fully saturated rings. The summed E-state index contributed by atoms with van der Waals surface area (Å²) < 4.78 is 4.21. The second-order valence-electron chi connectivity index (χ2n) is 1.47. The largest absolute Gasteiger partial charge is 0.819 e. The SMILES string of the molecule is CCCCSOP([O-])[O-].